The monoisotopic (exact) mass is 479 g/mol. The van der Waals surface area contributed by atoms with Crippen molar-refractivity contribution in [2.45, 2.75) is 31.7 Å². The summed E-state index contributed by atoms with van der Waals surface area (Å²) in [5.74, 6) is -0.441. The van der Waals surface area contributed by atoms with Gasteiger partial charge in [-0.25, -0.2) is 23.0 Å². The molecular weight excluding hydrogens is 454 g/mol. The quantitative estimate of drug-likeness (QED) is 0.345. The first-order valence-corrected chi connectivity index (χ1v) is 12.0. The molecule has 0 atom stereocenters. The van der Waals surface area contributed by atoms with Crippen LogP contribution < -0.4 is 20.1 Å². The molecule has 0 bridgehead atoms. The summed E-state index contributed by atoms with van der Waals surface area (Å²) in [6.45, 7) is 0.727. The van der Waals surface area contributed by atoms with Gasteiger partial charge < -0.3 is 24.7 Å². The fourth-order valence-electron chi connectivity index (χ4n) is 4.77. The lowest BCUT2D eigenvalue weighted by Gasteiger charge is -2.41. The van der Waals surface area contributed by atoms with Crippen LogP contribution in [0.5, 0.6) is 11.5 Å². The van der Waals surface area contributed by atoms with Gasteiger partial charge in [0, 0.05) is 37.4 Å². The van der Waals surface area contributed by atoms with Crippen molar-refractivity contribution >= 4 is 44.6 Å². The molecule has 0 aliphatic carbocycles. The van der Waals surface area contributed by atoms with Gasteiger partial charge in [0.25, 0.3) is 0 Å². The normalized spacial score (nSPS) is 19.3. The van der Waals surface area contributed by atoms with Crippen LogP contribution in [0.2, 0.25) is 0 Å². The molecule has 0 unspecified atom stereocenters. The van der Waals surface area contributed by atoms with Gasteiger partial charge in [0.05, 0.1) is 32.6 Å². The smallest absolute Gasteiger partial charge is 0.322 e. The fraction of sp³-hybridized carbons (Fsp3) is 0.500. The van der Waals surface area contributed by atoms with E-state index in [0.29, 0.717) is 54.3 Å². The maximum atomic E-state index is 12.6. The van der Waals surface area contributed by atoms with Crippen LogP contribution in [0.3, 0.4) is 0 Å². The molecule has 0 radical (unpaired) electrons. The number of imide groups is 1. The Morgan fingerprint density at radius 2 is 1.67 bits per heavy atom. The number of carbonyl (C=O) groups excluding carboxylic acids is 2. The molecule has 1 aromatic carbocycles. The van der Waals surface area contributed by atoms with Crippen LogP contribution in [0.25, 0.3) is 10.9 Å². The van der Waals surface area contributed by atoms with Crippen molar-refractivity contribution in [1.82, 2.24) is 9.97 Å². The molecule has 2 N–H and O–H groups in total. The number of nitrogen functional groups attached to an aromatic ring is 1. The largest absolute Gasteiger partial charge is 0.744 e. The highest BCUT2D eigenvalue weighted by Crippen LogP contribution is 2.36. The molecule has 12 nitrogen and oxygen atoms in total. The standard InChI is InChI=1S/C20H25N5O7S/c1-31-15-9-13-14(10-16(15)32-2)22-20(23-19(13)21)24-7-5-12(6-8-24)25(11-33(28,29)30)17(26)3-4-18(25)27/h9-10,12H,3-8,11H2,1-2H3,(H2-,21,22,23,28,29,30). The molecule has 3 heterocycles. The van der Waals surface area contributed by atoms with Gasteiger partial charge in [0.1, 0.15) is 22.0 Å². The zero-order valence-electron chi connectivity index (χ0n) is 18.3. The highest BCUT2D eigenvalue weighted by atomic mass is 32.2. The van der Waals surface area contributed by atoms with Gasteiger partial charge in [-0.15, -0.1) is 0 Å². The Bertz CT molecular complexity index is 1210. The summed E-state index contributed by atoms with van der Waals surface area (Å²) in [5.41, 5.74) is 6.72. The van der Waals surface area contributed by atoms with Crippen molar-refractivity contribution < 1.29 is 36.5 Å². The molecule has 2 amide bonds. The van der Waals surface area contributed by atoms with Gasteiger partial charge in [0.15, 0.2) is 17.4 Å². The first kappa shape index (κ1) is 23.1. The second kappa shape index (κ2) is 8.39. The van der Waals surface area contributed by atoms with Crippen molar-refractivity contribution in [3.05, 3.63) is 12.1 Å². The van der Waals surface area contributed by atoms with Crippen LogP contribution in [0.15, 0.2) is 12.1 Å². The summed E-state index contributed by atoms with van der Waals surface area (Å²) < 4.78 is 44.3. The average molecular weight is 480 g/mol. The number of nitrogens with two attached hydrogens (primary N) is 1. The Balaban J connectivity index is 1.61. The number of rotatable bonds is 6. The highest BCUT2D eigenvalue weighted by Gasteiger charge is 2.56. The minimum absolute atomic E-state index is 0.0514. The molecule has 2 aliphatic heterocycles. The highest BCUT2D eigenvalue weighted by molar-refractivity contribution is 7.85. The maximum absolute atomic E-state index is 12.6. The fourth-order valence-corrected chi connectivity index (χ4v) is 5.77. The minimum Gasteiger partial charge on any atom is -0.744 e. The second-order valence-corrected chi connectivity index (χ2v) is 9.57. The number of quaternary nitrogens is 1. The minimum atomic E-state index is -4.79. The first-order valence-electron chi connectivity index (χ1n) is 10.4. The number of hydrogen-bond donors (Lipinski definition) is 1. The van der Waals surface area contributed by atoms with E-state index in [2.05, 4.69) is 9.97 Å². The number of fused-ring (bicyclic) bond motifs is 1. The van der Waals surface area contributed by atoms with E-state index in [1.807, 2.05) is 4.90 Å². The Kier molecular flexibility index (Phi) is 5.88. The van der Waals surface area contributed by atoms with Crippen LogP contribution in [-0.4, -0.2) is 78.5 Å². The number of likely N-dealkylation sites (tertiary alicyclic amines) is 1. The number of methoxy groups -OCH3 is 2. The molecule has 2 aliphatic rings. The number of ether oxygens (including phenoxy) is 2. The number of nitrogens with zero attached hydrogens (tertiary/aromatic N) is 4. The number of benzene rings is 1. The summed E-state index contributed by atoms with van der Waals surface area (Å²) >= 11 is 0. The van der Waals surface area contributed by atoms with E-state index in [4.69, 9.17) is 15.2 Å². The molecule has 2 saturated heterocycles. The molecule has 33 heavy (non-hydrogen) atoms. The van der Waals surface area contributed by atoms with Crippen LogP contribution in [0.1, 0.15) is 25.7 Å². The summed E-state index contributed by atoms with van der Waals surface area (Å²) in [4.78, 5) is 36.1. The maximum Gasteiger partial charge on any atom is 0.322 e. The predicted molar refractivity (Wildman–Crippen MR) is 116 cm³/mol. The van der Waals surface area contributed by atoms with Crippen molar-refractivity contribution in [3.8, 4) is 11.5 Å². The first-order chi connectivity index (χ1) is 15.6. The van der Waals surface area contributed by atoms with Crippen molar-refractivity contribution in [2.24, 2.45) is 0 Å². The topological polar surface area (TPSA) is 165 Å². The lowest BCUT2D eigenvalue weighted by Crippen LogP contribution is -2.63. The van der Waals surface area contributed by atoms with Crippen molar-refractivity contribution in [1.29, 1.82) is 0 Å². The second-order valence-electron chi connectivity index (χ2n) is 8.19. The van der Waals surface area contributed by atoms with Gasteiger partial charge >= 0.3 is 11.8 Å². The number of hydrogen-bond acceptors (Lipinski definition) is 11. The van der Waals surface area contributed by atoms with Crippen molar-refractivity contribution in [2.75, 3.05) is 43.8 Å². The number of carbonyl (C=O) groups is 2. The Morgan fingerprint density at radius 3 is 2.21 bits per heavy atom. The molecule has 1 aromatic heterocycles. The Hall–Kier alpha value is -3.03. The third kappa shape index (κ3) is 4.07. The average Bonchev–Trinajstić information content (AvgIpc) is 3.06. The molecule has 13 heteroatoms. The lowest BCUT2D eigenvalue weighted by molar-refractivity contribution is -0.790. The summed E-state index contributed by atoms with van der Waals surface area (Å²) in [7, 11) is -1.75. The summed E-state index contributed by atoms with van der Waals surface area (Å²) in [5, 5.41) is 0.602. The van der Waals surface area contributed by atoms with Gasteiger partial charge in [-0.1, -0.05) is 0 Å². The van der Waals surface area contributed by atoms with Crippen LogP contribution in [-0.2, 0) is 19.7 Å². The van der Waals surface area contributed by atoms with Crippen LogP contribution in [0, 0.1) is 0 Å². The van der Waals surface area contributed by atoms with E-state index in [1.54, 1.807) is 12.1 Å². The molecule has 2 aromatic rings. The molecule has 0 saturated carbocycles. The van der Waals surface area contributed by atoms with E-state index >= 15 is 0 Å². The Morgan fingerprint density at radius 1 is 1.09 bits per heavy atom. The van der Waals surface area contributed by atoms with Gasteiger partial charge in [-0.05, 0) is 6.07 Å². The van der Waals surface area contributed by atoms with E-state index in [1.165, 1.54) is 14.2 Å². The SMILES string of the molecule is COc1cc2nc(N3CCC([N+]4(CS(=O)(=O)[O-])C(=O)CCC4=O)CC3)nc(N)c2cc1OC. The predicted octanol–water partition coefficient (Wildman–Crippen LogP) is 0.365. The van der Waals surface area contributed by atoms with Crippen molar-refractivity contribution in [3.63, 3.8) is 0 Å². The zero-order chi connectivity index (χ0) is 24.0. The molecule has 0 spiro atoms. The number of aromatic nitrogens is 2. The lowest BCUT2D eigenvalue weighted by atomic mass is 10.0. The van der Waals surface area contributed by atoms with E-state index < -0.39 is 38.3 Å². The number of piperidine rings is 1. The van der Waals surface area contributed by atoms with Gasteiger partial charge in [-0.3, -0.25) is 0 Å². The van der Waals surface area contributed by atoms with Gasteiger partial charge in [0.2, 0.25) is 5.95 Å². The van der Waals surface area contributed by atoms with E-state index in [9.17, 15) is 22.6 Å². The zero-order valence-corrected chi connectivity index (χ0v) is 19.1. The number of amides is 2. The molecule has 2 fully saturated rings. The molecule has 178 valence electrons. The van der Waals surface area contributed by atoms with E-state index in [-0.39, 0.29) is 18.7 Å². The third-order valence-corrected chi connectivity index (χ3v) is 7.12. The van der Waals surface area contributed by atoms with E-state index in [0.717, 1.165) is 0 Å². The summed E-state index contributed by atoms with van der Waals surface area (Å²) in [6.07, 6.45) is 0.537. The number of anilines is 2. The Labute approximate surface area is 190 Å². The van der Waals surface area contributed by atoms with Crippen LogP contribution >= 0.6 is 0 Å². The third-order valence-electron chi connectivity index (χ3n) is 6.39. The molecule has 4 rings (SSSR count). The van der Waals surface area contributed by atoms with Gasteiger partial charge in [-0.2, -0.15) is 9.47 Å². The van der Waals surface area contributed by atoms with Crippen LogP contribution in [0.4, 0.5) is 11.8 Å². The summed E-state index contributed by atoms with van der Waals surface area (Å²) in [6, 6.07) is 2.81. The molecular formula is C20H25N5O7S.